The number of hydrogen-bond donors (Lipinski definition) is 2. The van der Waals surface area contributed by atoms with Crippen LogP contribution in [0.2, 0.25) is 0 Å². The second-order valence-corrected chi connectivity index (χ2v) is 9.89. The molecule has 0 bridgehead atoms. The number of hydrogen-bond acceptors (Lipinski definition) is 6. The highest BCUT2D eigenvalue weighted by molar-refractivity contribution is 6.08. The molecular formula is C23H28F4N8O. The first kappa shape index (κ1) is 24.5. The van der Waals surface area contributed by atoms with Crippen molar-refractivity contribution in [3.8, 4) is 0 Å². The van der Waals surface area contributed by atoms with E-state index in [2.05, 4.69) is 27.4 Å². The second-order valence-electron chi connectivity index (χ2n) is 9.89. The fraction of sp³-hybridized carbons (Fsp3) is 0.565. The lowest BCUT2D eigenvalue weighted by Crippen LogP contribution is -2.52. The van der Waals surface area contributed by atoms with E-state index in [1.807, 2.05) is 0 Å². The van der Waals surface area contributed by atoms with Crippen molar-refractivity contribution in [1.82, 2.24) is 24.4 Å². The molecule has 9 nitrogen and oxygen atoms in total. The smallest absolute Gasteiger partial charge is 0.284 e. The van der Waals surface area contributed by atoms with Crippen molar-refractivity contribution >= 4 is 23.1 Å². The van der Waals surface area contributed by atoms with E-state index in [-0.39, 0.29) is 35.3 Å². The lowest BCUT2D eigenvalue weighted by molar-refractivity contribution is -0.0174. The summed E-state index contributed by atoms with van der Waals surface area (Å²) in [6, 6.07) is 0.787. The molecule has 4 heterocycles. The van der Waals surface area contributed by atoms with E-state index >= 15 is 0 Å². The Morgan fingerprint density at radius 3 is 2.69 bits per heavy atom. The second kappa shape index (κ2) is 9.34. The van der Waals surface area contributed by atoms with E-state index in [4.69, 9.17) is 5.73 Å². The number of nitrogens with two attached hydrogens (primary N) is 1. The zero-order valence-electron chi connectivity index (χ0n) is 19.7. The summed E-state index contributed by atoms with van der Waals surface area (Å²) in [5.41, 5.74) is 5.34. The van der Waals surface area contributed by atoms with Crippen LogP contribution in [-0.2, 0) is 0 Å². The Hall–Kier alpha value is -3.22. The molecule has 0 spiro atoms. The minimum atomic E-state index is -2.96. The maximum Gasteiger partial charge on any atom is 0.284 e. The van der Waals surface area contributed by atoms with Crippen molar-refractivity contribution in [3.05, 3.63) is 35.9 Å². The Morgan fingerprint density at radius 1 is 1.25 bits per heavy atom. The topological polar surface area (TPSA) is 106 Å². The van der Waals surface area contributed by atoms with Crippen LogP contribution in [-0.4, -0.2) is 55.3 Å². The number of aromatic nitrogens is 5. The molecular weight excluding hydrogens is 480 g/mol. The van der Waals surface area contributed by atoms with E-state index in [0.717, 1.165) is 25.7 Å². The average molecular weight is 509 g/mol. The summed E-state index contributed by atoms with van der Waals surface area (Å²) in [6.07, 6.45) is 4.56. The van der Waals surface area contributed by atoms with E-state index in [1.54, 1.807) is 0 Å². The third-order valence-electron chi connectivity index (χ3n) is 6.94. The quantitative estimate of drug-likeness (QED) is 0.504. The number of fused-ring (bicyclic) bond motifs is 1. The van der Waals surface area contributed by atoms with Gasteiger partial charge < -0.3 is 16.0 Å². The Balaban J connectivity index is 1.40. The maximum atomic E-state index is 14.1. The predicted molar refractivity (Wildman–Crippen MR) is 125 cm³/mol. The molecule has 3 aromatic rings. The van der Waals surface area contributed by atoms with Gasteiger partial charge in [0.1, 0.15) is 11.4 Å². The van der Waals surface area contributed by atoms with Crippen LogP contribution in [0, 0.1) is 5.92 Å². The molecule has 3 aromatic heterocycles. The number of carbonyl (C=O) groups is 1. The van der Waals surface area contributed by atoms with Crippen LogP contribution in [0.25, 0.3) is 5.65 Å². The van der Waals surface area contributed by atoms with Gasteiger partial charge in [-0.3, -0.25) is 9.48 Å². The molecule has 1 atom stereocenters. The molecule has 36 heavy (non-hydrogen) atoms. The van der Waals surface area contributed by atoms with Gasteiger partial charge in [0, 0.05) is 31.4 Å². The third-order valence-corrected chi connectivity index (χ3v) is 6.94. The summed E-state index contributed by atoms with van der Waals surface area (Å²) >= 11 is 0. The molecule has 0 radical (unpaired) electrons. The predicted octanol–water partition coefficient (Wildman–Crippen LogP) is 4.04. The van der Waals surface area contributed by atoms with Gasteiger partial charge >= 0.3 is 0 Å². The van der Waals surface area contributed by atoms with Crippen LogP contribution in [0.5, 0.6) is 0 Å². The Labute approximate surface area is 204 Å². The van der Waals surface area contributed by atoms with Crippen molar-refractivity contribution < 1.29 is 22.4 Å². The molecule has 0 unspecified atom stereocenters. The molecule has 1 aliphatic heterocycles. The van der Waals surface area contributed by atoms with Crippen LogP contribution >= 0.6 is 0 Å². The summed E-state index contributed by atoms with van der Waals surface area (Å²) in [4.78, 5) is 18.8. The molecule has 1 amide bonds. The molecule has 13 heteroatoms. The van der Waals surface area contributed by atoms with E-state index in [9.17, 15) is 22.4 Å². The standard InChI is InChI=1S/C23H28F4N8O/c1-13-2-4-15(5-3-13)35-11-17(19(32-35)20(24)25)30-22(36)16-9-29-34-7-6-18(31-21(16)34)33-10-14(28)8-23(26,27)12-33/h6-7,9,11,13-15,20H,2-5,8,10,12,28H2,1H3,(H,30,36)/t13?,14-,15?/m1/s1. The molecule has 1 saturated heterocycles. The number of alkyl halides is 4. The number of nitrogens with zero attached hydrogens (tertiary/aromatic N) is 6. The lowest BCUT2D eigenvalue weighted by Gasteiger charge is -2.36. The summed E-state index contributed by atoms with van der Waals surface area (Å²) in [6.45, 7) is 1.80. The van der Waals surface area contributed by atoms with Gasteiger partial charge in [-0.05, 0) is 37.7 Å². The minimum Gasteiger partial charge on any atom is -0.349 e. The average Bonchev–Trinajstić information content (AvgIpc) is 3.42. The number of rotatable bonds is 5. The zero-order valence-corrected chi connectivity index (χ0v) is 19.7. The fourth-order valence-electron chi connectivity index (χ4n) is 5.06. The van der Waals surface area contributed by atoms with Crippen LogP contribution in [0.15, 0.2) is 24.7 Å². The number of piperidine rings is 1. The molecule has 5 rings (SSSR count). The van der Waals surface area contributed by atoms with Gasteiger partial charge in [0.05, 0.1) is 24.5 Å². The summed E-state index contributed by atoms with van der Waals surface area (Å²) in [7, 11) is 0. The fourth-order valence-corrected chi connectivity index (χ4v) is 5.06. The lowest BCUT2D eigenvalue weighted by atomic mass is 9.87. The number of nitrogens with one attached hydrogen (secondary N) is 1. The monoisotopic (exact) mass is 508 g/mol. The Kier molecular flexibility index (Phi) is 6.35. The molecule has 1 saturated carbocycles. The van der Waals surface area contributed by atoms with Crippen molar-refractivity contribution in [3.63, 3.8) is 0 Å². The van der Waals surface area contributed by atoms with Crippen LogP contribution < -0.4 is 16.0 Å². The third kappa shape index (κ3) is 4.88. The zero-order chi connectivity index (χ0) is 25.6. The first-order valence-corrected chi connectivity index (χ1v) is 12.0. The van der Waals surface area contributed by atoms with Crippen LogP contribution in [0.4, 0.5) is 29.1 Å². The summed E-state index contributed by atoms with van der Waals surface area (Å²) in [5.74, 6) is -2.85. The van der Waals surface area contributed by atoms with Gasteiger partial charge in [-0.25, -0.2) is 27.1 Å². The highest BCUT2D eigenvalue weighted by Crippen LogP contribution is 2.35. The number of halogens is 4. The maximum absolute atomic E-state index is 14.1. The Morgan fingerprint density at radius 2 is 2.00 bits per heavy atom. The molecule has 2 fully saturated rings. The van der Waals surface area contributed by atoms with E-state index in [1.165, 1.54) is 38.8 Å². The SMILES string of the molecule is CC1CCC(n2cc(NC(=O)c3cnn4ccc(N5C[C@H](N)CC(F)(F)C5)nc34)c(C(F)F)n2)CC1. The number of amides is 1. The summed E-state index contributed by atoms with van der Waals surface area (Å²) in [5, 5.41) is 10.7. The number of anilines is 2. The van der Waals surface area contributed by atoms with Gasteiger partial charge in [0.2, 0.25) is 0 Å². The van der Waals surface area contributed by atoms with Crippen molar-refractivity contribution in [2.45, 2.75) is 63.5 Å². The first-order chi connectivity index (χ1) is 17.1. The largest absolute Gasteiger partial charge is 0.349 e. The molecule has 3 N–H and O–H groups in total. The van der Waals surface area contributed by atoms with Gasteiger partial charge in [-0.1, -0.05) is 6.92 Å². The van der Waals surface area contributed by atoms with Crippen molar-refractivity contribution in [2.24, 2.45) is 11.7 Å². The van der Waals surface area contributed by atoms with Gasteiger partial charge in [0.15, 0.2) is 11.3 Å². The normalized spacial score (nSPS) is 24.4. The van der Waals surface area contributed by atoms with Crippen molar-refractivity contribution in [2.75, 3.05) is 23.3 Å². The molecule has 0 aromatic carbocycles. The van der Waals surface area contributed by atoms with Gasteiger partial charge in [-0.15, -0.1) is 0 Å². The van der Waals surface area contributed by atoms with Crippen LogP contribution in [0.1, 0.15) is 67.5 Å². The van der Waals surface area contributed by atoms with Gasteiger partial charge in [-0.2, -0.15) is 10.2 Å². The first-order valence-electron chi connectivity index (χ1n) is 12.0. The van der Waals surface area contributed by atoms with E-state index < -0.39 is 43.0 Å². The van der Waals surface area contributed by atoms with Crippen molar-refractivity contribution in [1.29, 1.82) is 0 Å². The highest BCUT2D eigenvalue weighted by atomic mass is 19.3. The van der Waals surface area contributed by atoms with Crippen LogP contribution in [0.3, 0.4) is 0 Å². The van der Waals surface area contributed by atoms with E-state index in [0.29, 0.717) is 5.92 Å². The molecule has 194 valence electrons. The molecule has 1 aliphatic carbocycles. The number of carbonyl (C=O) groups excluding carboxylic acids is 1. The highest BCUT2D eigenvalue weighted by Gasteiger charge is 2.39. The minimum absolute atomic E-state index is 0.000373. The summed E-state index contributed by atoms with van der Waals surface area (Å²) < 4.78 is 58.4. The molecule has 2 aliphatic rings. The van der Waals surface area contributed by atoms with Gasteiger partial charge in [0.25, 0.3) is 18.3 Å². The Bertz CT molecular complexity index is 1250.